The number of rotatable bonds is 1. The highest BCUT2D eigenvalue weighted by atomic mass is 16.3. The van der Waals surface area contributed by atoms with Crippen LogP contribution in [0.25, 0.3) is 0 Å². The van der Waals surface area contributed by atoms with Crippen LogP contribution in [0.4, 0.5) is 0 Å². The molecule has 0 aromatic rings. The lowest BCUT2D eigenvalue weighted by atomic mass is 9.58. The van der Waals surface area contributed by atoms with Crippen molar-refractivity contribution in [1.82, 2.24) is 0 Å². The van der Waals surface area contributed by atoms with Crippen LogP contribution in [0, 0.1) is 23.7 Å². The molecule has 0 radical (unpaired) electrons. The van der Waals surface area contributed by atoms with Gasteiger partial charge in [-0.15, -0.1) is 0 Å². The van der Waals surface area contributed by atoms with Crippen LogP contribution in [0.2, 0.25) is 0 Å². The molecular weight excluding hydrogens is 196 g/mol. The molecule has 0 saturated heterocycles. The summed E-state index contributed by atoms with van der Waals surface area (Å²) in [6.07, 6.45) is 6.83. The first-order valence-electron chi connectivity index (χ1n) is 6.84. The van der Waals surface area contributed by atoms with Crippen molar-refractivity contribution in [3.63, 3.8) is 0 Å². The Kier molecular flexibility index (Phi) is 3.18. The van der Waals surface area contributed by atoms with Crippen LogP contribution >= 0.6 is 0 Å². The minimum atomic E-state index is -0.473. The molecule has 2 aliphatic rings. The van der Waals surface area contributed by atoms with E-state index in [1.807, 2.05) is 0 Å². The van der Waals surface area contributed by atoms with Crippen molar-refractivity contribution in [2.75, 3.05) is 0 Å². The number of aliphatic hydroxyl groups is 1. The Morgan fingerprint density at radius 3 is 2.75 bits per heavy atom. The molecular formula is C15H26O. The van der Waals surface area contributed by atoms with E-state index in [0.717, 1.165) is 12.3 Å². The van der Waals surface area contributed by atoms with Crippen molar-refractivity contribution in [1.29, 1.82) is 0 Å². The first kappa shape index (κ1) is 12.2. The van der Waals surface area contributed by atoms with Gasteiger partial charge in [0.15, 0.2) is 0 Å². The third-order valence-corrected chi connectivity index (χ3v) is 5.04. The molecule has 0 aromatic heterocycles. The van der Waals surface area contributed by atoms with Gasteiger partial charge in [0.05, 0.1) is 5.60 Å². The molecule has 1 saturated carbocycles. The lowest BCUT2D eigenvalue weighted by Crippen LogP contribution is -2.50. The second-order valence-corrected chi connectivity index (χ2v) is 6.44. The van der Waals surface area contributed by atoms with E-state index in [1.165, 1.54) is 24.8 Å². The number of fused-ring (bicyclic) bond motifs is 1. The van der Waals surface area contributed by atoms with Gasteiger partial charge < -0.3 is 5.11 Å². The van der Waals surface area contributed by atoms with E-state index < -0.39 is 5.60 Å². The predicted octanol–water partition coefficient (Wildman–Crippen LogP) is 3.78. The number of hydrogen-bond acceptors (Lipinski definition) is 1. The molecule has 1 heteroatoms. The van der Waals surface area contributed by atoms with E-state index in [2.05, 4.69) is 33.8 Å². The molecule has 4 unspecified atom stereocenters. The van der Waals surface area contributed by atoms with Gasteiger partial charge in [-0.2, -0.15) is 0 Å². The maximum Gasteiger partial charge on any atom is 0.0885 e. The highest BCUT2D eigenvalue weighted by molar-refractivity contribution is 5.22. The quantitative estimate of drug-likeness (QED) is 0.669. The molecule has 92 valence electrons. The summed E-state index contributed by atoms with van der Waals surface area (Å²) in [5, 5.41) is 10.9. The zero-order chi connectivity index (χ0) is 11.9. The van der Waals surface area contributed by atoms with Gasteiger partial charge in [-0.05, 0) is 61.9 Å². The third-order valence-electron chi connectivity index (χ3n) is 5.04. The maximum absolute atomic E-state index is 10.9. The molecule has 1 N–H and O–H groups in total. The van der Waals surface area contributed by atoms with Gasteiger partial charge in [-0.1, -0.05) is 26.8 Å². The molecule has 0 amide bonds. The summed E-state index contributed by atoms with van der Waals surface area (Å²) >= 11 is 0. The van der Waals surface area contributed by atoms with Gasteiger partial charge in [0.2, 0.25) is 0 Å². The average Bonchev–Trinajstić information content (AvgIpc) is 2.21. The lowest BCUT2D eigenvalue weighted by molar-refractivity contribution is -0.0692. The van der Waals surface area contributed by atoms with Crippen LogP contribution in [0.1, 0.15) is 53.4 Å². The summed E-state index contributed by atoms with van der Waals surface area (Å²) < 4.78 is 0. The Balaban J connectivity index is 2.30. The Labute approximate surface area is 99.9 Å². The summed E-state index contributed by atoms with van der Waals surface area (Å²) in [5.41, 5.74) is 0.765. The summed E-state index contributed by atoms with van der Waals surface area (Å²) in [5.74, 6) is 2.65. The average molecular weight is 222 g/mol. The molecule has 0 heterocycles. The van der Waals surface area contributed by atoms with E-state index in [9.17, 15) is 5.11 Å². The van der Waals surface area contributed by atoms with E-state index >= 15 is 0 Å². The molecule has 1 fully saturated rings. The van der Waals surface area contributed by atoms with Crippen molar-refractivity contribution >= 4 is 0 Å². The van der Waals surface area contributed by atoms with Crippen molar-refractivity contribution in [3.05, 3.63) is 11.6 Å². The van der Waals surface area contributed by atoms with E-state index in [4.69, 9.17) is 0 Å². The zero-order valence-corrected chi connectivity index (χ0v) is 11.2. The fraction of sp³-hybridized carbons (Fsp3) is 0.867. The van der Waals surface area contributed by atoms with Crippen molar-refractivity contribution in [2.24, 2.45) is 23.7 Å². The standard InChI is InChI=1S/C15H26O/c1-10(2)13-6-5-12(4)15(16)8-7-11(3)9-14(13)15/h5,10-11,13-14,16H,6-9H2,1-4H3. The summed E-state index contributed by atoms with van der Waals surface area (Å²) in [7, 11) is 0. The zero-order valence-electron chi connectivity index (χ0n) is 11.2. The van der Waals surface area contributed by atoms with Crippen LogP contribution in [-0.2, 0) is 0 Å². The van der Waals surface area contributed by atoms with E-state index in [-0.39, 0.29) is 0 Å². The minimum absolute atomic E-state index is 0.473. The van der Waals surface area contributed by atoms with Crippen molar-refractivity contribution in [3.8, 4) is 0 Å². The summed E-state index contributed by atoms with van der Waals surface area (Å²) in [6.45, 7) is 9.07. The summed E-state index contributed by atoms with van der Waals surface area (Å²) in [4.78, 5) is 0. The highest BCUT2D eigenvalue weighted by Gasteiger charge is 2.48. The monoisotopic (exact) mass is 222 g/mol. The maximum atomic E-state index is 10.9. The Hall–Kier alpha value is -0.300. The SMILES string of the molecule is CC1=CCC(C(C)C)C2CC(C)CCC12O. The van der Waals surface area contributed by atoms with Crippen molar-refractivity contribution in [2.45, 2.75) is 59.0 Å². The number of allylic oxidation sites excluding steroid dienone is 1. The first-order valence-corrected chi connectivity index (χ1v) is 6.84. The van der Waals surface area contributed by atoms with Crippen LogP contribution in [-0.4, -0.2) is 10.7 Å². The van der Waals surface area contributed by atoms with Gasteiger partial charge in [-0.25, -0.2) is 0 Å². The Bertz CT molecular complexity index is 292. The Morgan fingerprint density at radius 2 is 2.12 bits per heavy atom. The van der Waals surface area contributed by atoms with Gasteiger partial charge in [-0.3, -0.25) is 0 Å². The van der Waals surface area contributed by atoms with Gasteiger partial charge in [0.1, 0.15) is 0 Å². The second kappa shape index (κ2) is 4.18. The molecule has 2 rings (SSSR count). The highest BCUT2D eigenvalue weighted by Crippen LogP contribution is 2.50. The lowest BCUT2D eigenvalue weighted by Gasteiger charge is -2.50. The van der Waals surface area contributed by atoms with Crippen LogP contribution in [0.15, 0.2) is 11.6 Å². The topological polar surface area (TPSA) is 20.2 Å². The minimum Gasteiger partial charge on any atom is -0.385 e. The molecule has 0 aromatic carbocycles. The summed E-state index contributed by atoms with van der Waals surface area (Å²) in [6, 6.07) is 0. The molecule has 16 heavy (non-hydrogen) atoms. The second-order valence-electron chi connectivity index (χ2n) is 6.44. The molecule has 2 aliphatic carbocycles. The van der Waals surface area contributed by atoms with Gasteiger partial charge in [0.25, 0.3) is 0 Å². The predicted molar refractivity (Wildman–Crippen MR) is 68.2 cm³/mol. The van der Waals surface area contributed by atoms with Gasteiger partial charge in [0, 0.05) is 0 Å². The van der Waals surface area contributed by atoms with Crippen LogP contribution < -0.4 is 0 Å². The van der Waals surface area contributed by atoms with Crippen LogP contribution in [0.3, 0.4) is 0 Å². The van der Waals surface area contributed by atoms with Crippen molar-refractivity contribution < 1.29 is 5.11 Å². The normalized spacial score (nSPS) is 44.1. The van der Waals surface area contributed by atoms with E-state index in [0.29, 0.717) is 17.8 Å². The van der Waals surface area contributed by atoms with E-state index in [1.54, 1.807) is 0 Å². The fourth-order valence-electron chi connectivity index (χ4n) is 3.81. The molecule has 0 aliphatic heterocycles. The Morgan fingerprint density at radius 1 is 1.44 bits per heavy atom. The fourth-order valence-corrected chi connectivity index (χ4v) is 3.81. The molecule has 4 atom stereocenters. The first-order chi connectivity index (χ1) is 7.45. The molecule has 0 bridgehead atoms. The largest absolute Gasteiger partial charge is 0.385 e. The third kappa shape index (κ3) is 1.84. The molecule has 0 spiro atoms. The van der Waals surface area contributed by atoms with Gasteiger partial charge >= 0.3 is 0 Å². The van der Waals surface area contributed by atoms with Crippen LogP contribution in [0.5, 0.6) is 0 Å². The smallest absolute Gasteiger partial charge is 0.0885 e. The number of hydrogen-bond donors (Lipinski definition) is 1. The molecule has 1 nitrogen and oxygen atoms in total.